The van der Waals surface area contributed by atoms with Gasteiger partial charge in [0, 0.05) is 6.04 Å². The molecule has 1 atom stereocenters. The summed E-state index contributed by atoms with van der Waals surface area (Å²) < 4.78 is 37.7. The number of nitrogen functional groups attached to an aromatic ring is 1. The third kappa shape index (κ3) is 3.23. The minimum Gasteiger partial charge on any atom is -0.397 e. The largest absolute Gasteiger partial charge is 0.416 e. The lowest BCUT2D eigenvalue weighted by Gasteiger charge is -2.18. The number of hydrogen-bond donors (Lipinski definition) is 2. The van der Waals surface area contributed by atoms with E-state index in [4.69, 9.17) is 5.73 Å². The van der Waals surface area contributed by atoms with Crippen molar-refractivity contribution in [3.8, 4) is 0 Å². The maximum Gasteiger partial charge on any atom is 0.416 e. The number of hydrogen-bond acceptors (Lipinski definition) is 2. The van der Waals surface area contributed by atoms with Gasteiger partial charge in [-0.3, -0.25) is 0 Å². The lowest BCUT2D eigenvalue weighted by molar-refractivity contribution is -0.137. The normalized spacial score (nSPS) is 13.0. The molecule has 2 aromatic rings. The first kappa shape index (κ1) is 14.2. The van der Waals surface area contributed by atoms with Crippen LogP contribution in [0.15, 0.2) is 48.5 Å². The fraction of sp³-hybridized carbons (Fsp3) is 0.200. The first-order chi connectivity index (χ1) is 9.38. The molecule has 0 aliphatic heterocycles. The molecule has 0 aliphatic carbocycles. The maximum atomic E-state index is 12.6. The summed E-state index contributed by atoms with van der Waals surface area (Å²) in [5.41, 5.74) is 6.55. The fourth-order valence-electron chi connectivity index (χ4n) is 1.93. The van der Waals surface area contributed by atoms with Gasteiger partial charge < -0.3 is 11.1 Å². The van der Waals surface area contributed by atoms with Gasteiger partial charge in [-0.15, -0.1) is 0 Å². The molecule has 0 fully saturated rings. The van der Waals surface area contributed by atoms with E-state index in [-0.39, 0.29) is 11.7 Å². The van der Waals surface area contributed by atoms with Crippen molar-refractivity contribution in [1.82, 2.24) is 0 Å². The first-order valence-corrected chi connectivity index (χ1v) is 6.16. The van der Waals surface area contributed by atoms with E-state index >= 15 is 0 Å². The molecule has 20 heavy (non-hydrogen) atoms. The van der Waals surface area contributed by atoms with Gasteiger partial charge in [0.25, 0.3) is 0 Å². The van der Waals surface area contributed by atoms with Crippen molar-refractivity contribution in [2.45, 2.75) is 19.1 Å². The number of rotatable bonds is 3. The Morgan fingerprint density at radius 2 is 1.70 bits per heavy atom. The second-order valence-electron chi connectivity index (χ2n) is 4.58. The van der Waals surface area contributed by atoms with Crippen molar-refractivity contribution in [3.05, 3.63) is 59.7 Å². The quantitative estimate of drug-likeness (QED) is 0.814. The second kappa shape index (κ2) is 5.45. The zero-order valence-electron chi connectivity index (χ0n) is 10.9. The van der Waals surface area contributed by atoms with Crippen LogP contribution >= 0.6 is 0 Å². The van der Waals surface area contributed by atoms with Gasteiger partial charge in [-0.1, -0.05) is 30.3 Å². The van der Waals surface area contributed by atoms with Crippen LogP contribution in [0.3, 0.4) is 0 Å². The van der Waals surface area contributed by atoms with E-state index in [1.165, 1.54) is 6.07 Å². The molecule has 5 heteroatoms. The van der Waals surface area contributed by atoms with Crippen LogP contribution in [-0.4, -0.2) is 0 Å². The summed E-state index contributed by atoms with van der Waals surface area (Å²) in [5.74, 6) is 0. The molecule has 2 aromatic carbocycles. The summed E-state index contributed by atoms with van der Waals surface area (Å²) in [4.78, 5) is 0. The van der Waals surface area contributed by atoms with Crippen LogP contribution in [0.1, 0.15) is 24.1 Å². The summed E-state index contributed by atoms with van der Waals surface area (Å²) in [6.45, 7) is 1.92. The van der Waals surface area contributed by atoms with Crippen LogP contribution in [0, 0.1) is 0 Å². The molecule has 0 bridgehead atoms. The highest BCUT2D eigenvalue weighted by Gasteiger charge is 2.30. The highest BCUT2D eigenvalue weighted by atomic mass is 19.4. The summed E-state index contributed by atoms with van der Waals surface area (Å²) in [5, 5.41) is 3.11. The Kier molecular flexibility index (Phi) is 3.88. The Balaban J connectivity index is 2.18. The predicted molar refractivity (Wildman–Crippen MR) is 74.3 cm³/mol. The minimum atomic E-state index is -4.38. The molecule has 0 unspecified atom stereocenters. The molecule has 0 amide bonds. The summed E-state index contributed by atoms with van der Waals surface area (Å²) >= 11 is 0. The monoisotopic (exact) mass is 280 g/mol. The molecule has 0 saturated carbocycles. The molecular weight excluding hydrogens is 265 g/mol. The van der Waals surface area contributed by atoms with E-state index < -0.39 is 11.7 Å². The Hall–Kier alpha value is -2.17. The highest BCUT2D eigenvalue weighted by molar-refractivity contribution is 5.67. The highest BCUT2D eigenvalue weighted by Crippen LogP contribution is 2.33. The van der Waals surface area contributed by atoms with E-state index in [1.54, 1.807) is 0 Å². The van der Waals surface area contributed by atoms with E-state index in [9.17, 15) is 13.2 Å². The molecule has 0 spiro atoms. The molecule has 2 rings (SSSR count). The first-order valence-electron chi connectivity index (χ1n) is 6.16. The molecule has 2 nitrogen and oxygen atoms in total. The topological polar surface area (TPSA) is 38.0 Å². The van der Waals surface area contributed by atoms with Crippen LogP contribution in [0.25, 0.3) is 0 Å². The number of halogens is 3. The molecule has 0 radical (unpaired) electrons. The van der Waals surface area contributed by atoms with Crippen molar-refractivity contribution in [1.29, 1.82) is 0 Å². The van der Waals surface area contributed by atoms with Gasteiger partial charge in [0.15, 0.2) is 0 Å². The van der Waals surface area contributed by atoms with Crippen LogP contribution in [0.2, 0.25) is 0 Å². The molecule has 0 saturated heterocycles. The minimum absolute atomic E-state index is 0.0461. The van der Waals surface area contributed by atoms with Gasteiger partial charge in [0.1, 0.15) is 0 Å². The lowest BCUT2D eigenvalue weighted by Crippen LogP contribution is -2.10. The fourth-order valence-corrected chi connectivity index (χ4v) is 1.93. The van der Waals surface area contributed by atoms with E-state index in [0.717, 1.165) is 17.7 Å². The van der Waals surface area contributed by atoms with Gasteiger partial charge in [0.2, 0.25) is 0 Å². The van der Waals surface area contributed by atoms with Crippen LogP contribution in [0.4, 0.5) is 24.5 Å². The zero-order chi connectivity index (χ0) is 14.8. The number of nitrogens with one attached hydrogen (secondary N) is 1. The van der Waals surface area contributed by atoms with Gasteiger partial charge >= 0.3 is 6.18 Å². The second-order valence-corrected chi connectivity index (χ2v) is 4.58. The summed E-state index contributed by atoms with van der Waals surface area (Å²) in [7, 11) is 0. The van der Waals surface area contributed by atoms with Crippen molar-refractivity contribution < 1.29 is 13.2 Å². The zero-order valence-corrected chi connectivity index (χ0v) is 10.9. The van der Waals surface area contributed by atoms with Gasteiger partial charge in [-0.25, -0.2) is 0 Å². The van der Waals surface area contributed by atoms with Gasteiger partial charge in [-0.2, -0.15) is 13.2 Å². The van der Waals surface area contributed by atoms with Crippen molar-refractivity contribution in [2.24, 2.45) is 0 Å². The summed E-state index contributed by atoms with van der Waals surface area (Å²) in [6, 6.07) is 12.9. The van der Waals surface area contributed by atoms with Gasteiger partial charge in [-0.05, 0) is 30.7 Å². The Morgan fingerprint density at radius 3 is 2.25 bits per heavy atom. The van der Waals surface area contributed by atoms with Gasteiger partial charge in [0.05, 0.1) is 16.9 Å². The standard InChI is InChI=1S/C15H15F3N2/c1-10(11-5-3-2-4-6-11)20-14-8-7-12(9-13(14)19)15(16,17)18/h2-10,20H,19H2,1H3/t10-/m1/s1. The average molecular weight is 280 g/mol. The maximum absolute atomic E-state index is 12.6. The van der Waals surface area contributed by atoms with Crippen molar-refractivity contribution >= 4 is 11.4 Å². The van der Waals surface area contributed by atoms with E-state index in [0.29, 0.717) is 5.69 Å². The predicted octanol–water partition coefficient (Wildman–Crippen LogP) is 4.46. The molecule has 0 aromatic heterocycles. The number of nitrogens with two attached hydrogens (primary N) is 1. The number of alkyl halides is 3. The van der Waals surface area contributed by atoms with E-state index in [2.05, 4.69) is 5.32 Å². The SMILES string of the molecule is C[C@@H](Nc1ccc(C(F)(F)F)cc1N)c1ccccc1. The van der Waals surface area contributed by atoms with E-state index in [1.807, 2.05) is 37.3 Å². The summed E-state index contributed by atoms with van der Waals surface area (Å²) in [6.07, 6.45) is -4.38. The molecule has 0 aliphatic rings. The third-order valence-corrected chi connectivity index (χ3v) is 3.05. The molecular formula is C15H15F3N2. The van der Waals surface area contributed by atoms with Crippen LogP contribution < -0.4 is 11.1 Å². The van der Waals surface area contributed by atoms with Crippen molar-refractivity contribution in [2.75, 3.05) is 11.1 Å². The van der Waals surface area contributed by atoms with Crippen LogP contribution in [-0.2, 0) is 6.18 Å². The lowest BCUT2D eigenvalue weighted by atomic mass is 10.1. The van der Waals surface area contributed by atoms with Crippen LogP contribution in [0.5, 0.6) is 0 Å². The smallest absolute Gasteiger partial charge is 0.397 e. The molecule has 3 N–H and O–H groups in total. The number of anilines is 2. The van der Waals surface area contributed by atoms with Crippen molar-refractivity contribution in [3.63, 3.8) is 0 Å². The number of benzene rings is 2. The third-order valence-electron chi connectivity index (χ3n) is 3.05. The Bertz CT molecular complexity index is 579. The molecule has 0 heterocycles. The average Bonchev–Trinajstić information content (AvgIpc) is 2.41. The Labute approximate surface area is 115 Å². The Morgan fingerprint density at radius 1 is 1.05 bits per heavy atom. The molecule has 106 valence electrons.